The van der Waals surface area contributed by atoms with Gasteiger partial charge in [-0.05, 0) is 37.3 Å². The third-order valence-corrected chi connectivity index (χ3v) is 3.70. The van der Waals surface area contributed by atoms with Crippen molar-refractivity contribution >= 4 is 11.3 Å². The Kier molecular flexibility index (Phi) is 3.64. The van der Waals surface area contributed by atoms with E-state index in [4.69, 9.17) is 0 Å². The highest BCUT2D eigenvalue weighted by atomic mass is 32.1. The van der Waals surface area contributed by atoms with E-state index >= 15 is 0 Å². The third-order valence-electron chi connectivity index (χ3n) is 2.65. The van der Waals surface area contributed by atoms with Crippen LogP contribution in [-0.2, 0) is 6.18 Å². The molecule has 0 fully saturated rings. The number of aliphatic hydroxyl groups is 1. The number of aryl methyl sites for hydroxylation is 1. The molecule has 2 rings (SSSR count). The monoisotopic (exact) mass is 290 g/mol. The molecule has 1 nitrogen and oxygen atoms in total. The maximum Gasteiger partial charge on any atom is 0.416 e. The number of hydrogen-bond acceptors (Lipinski definition) is 2. The summed E-state index contributed by atoms with van der Waals surface area (Å²) < 4.78 is 51.3. The van der Waals surface area contributed by atoms with E-state index < -0.39 is 23.7 Å². The molecule has 0 spiro atoms. The smallest absolute Gasteiger partial charge is 0.383 e. The topological polar surface area (TPSA) is 20.2 Å². The molecule has 0 aliphatic carbocycles. The van der Waals surface area contributed by atoms with Gasteiger partial charge in [0.25, 0.3) is 0 Å². The molecular formula is C13H10F4OS. The fourth-order valence-corrected chi connectivity index (χ4v) is 2.57. The molecule has 0 bridgehead atoms. The number of alkyl halides is 3. The zero-order valence-corrected chi connectivity index (χ0v) is 10.6. The van der Waals surface area contributed by atoms with E-state index in [2.05, 4.69) is 0 Å². The summed E-state index contributed by atoms with van der Waals surface area (Å²) >= 11 is 1.21. The van der Waals surface area contributed by atoms with Crippen molar-refractivity contribution in [2.75, 3.05) is 0 Å². The molecule has 102 valence electrons. The quantitative estimate of drug-likeness (QED) is 0.818. The Bertz CT molecular complexity index is 589. The lowest BCUT2D eigenvalue weighted by atomic mass is 10.0. The molecule has 0 saturated heterocycles. The normalized spacial score (nSPS) is 13.6. The van der Waals surface area contributed by atoms with E-state index in [0.717, 1.165) is 10.9 Å². The maximum atomic E-state index is 13.6. The fourth-order valence-electron chi connectivity index (χ4n) is 1.68. The first-order chi connectivity index (χ1) is 8.79. The van der Waals surface area contributed by atoms with Crippen molar-refractivity contribution in [3.63, 3.8) is 0 Å². The highest BCUT2D eigenvalue weighted by Gasteiger charge is 2.32. The minimum absolute atomic E-state index is 0.364. The first-order valence-electron chi connectivity index (χ1n) is 5.40. The van der Waals surface area contributed by atoms with Crippen LogP contribution in [0.1, 0.15) is 27.0 Å². The van der Waals surface area contributed by atoms with Gasteiger partial charge in [0.15, 0.2) is 0 Å². The van der Waals surface area contributed by atoms with Crippen LogP contribution in [0.25, 0.3) is 0 Å². The molecular weight excluding hydrogens is 280 g/mol. The first kappa shape index (κ1) is 14.0. The van der Waals surface area contributed by atoms with Gasteiger partial charge in [-0.3, -0.25) is 0 Å². The van der Waals surface area contributed by atoms with Gasteiger partial charge in [-0.1, -0.05) is 0 Å². The molecule has 1 aromatic carbocycles. The minimum atomic E-state index is -4.56. The Morgan fingerprint density at radius 3 is 2.37 bits per heavy atom. The highest BCUT2D eigenvalue weighted by Crippen LogP contribution is 2.34. The predicted molar refractivity (Wildman–Crippen MR) is 64.5 cm³/mol. The van der Waals surface area contributed by atoms with Gasteiger partial charge in [-0.2, -0.15) is 13.2 Å². The van der Waals surface area contributed by atoms with Gasteiger partial charge in [0.1, 0.15) is 11.9 Å². The average molecular weight is 290 g/mol. The Morgan fingerprint density at radius 2 is 1.84 bits per heavy atom. The summed E-state index contributed by atoms with van der Waals surface area (Å²) in [5.74, 6) is -0.855. The molecule has 1 unspecified atom stereocenters. The second kappa shape index (κ2) is 4.94. The van der Waals surface area contributed by atoms with E-state index in [-0.39, 0.29) is 5.56 Å². The number of benzene rings is 1. The molecule has 0 aliphatic heterocycles. The Morgan fingerprint density at radius 1 is 1.16 bits per heavy atom. The molecule has 19 heavy (non-hydrogen) atoms. The van der Waals surface area contributed by atoms with Crippen molar-refractivity contribution in [3.05, 3.63) is 57.0 Å². The van der Waals surface area contributed by atoms with E-state index in [1.807, 2.05) is 0 Å². The standard InChI is InChI=1S/C13H10F4OS/c1-7-2-5-11(19-7)12(18)9-6-8(13(15,16)17)3-4-10(9)14/h2-6,12,18H,1H3. The summed E-state index contributed by atoms with van der Waals surface area (Å²) in [5, 5.41) is 9.98. The van der Waals surface area contributed by atoms with E-state index in [9.17, 15) is 22.7 Å². The van der Waals surface area contributed by atoms with Gasteiger partial charge in [-0.15, -0.1) is 11.3 Å². The summed E-state index contributed by atoms with van der Waals surface area (Å²) in [6.45, 7) is 1.80. The number of rotatable bonds is 2. The molecule has 1 heterocycles. The van der Waals surface area contributed by atoms with Crippen molar-refractivity contribution in [3.8, 4) is 0 Å². The van der Waals surface area contributed by atoms with Crippen LogP contribution in [0.3, 0.4) is 0 Å². The molecule has 1 N–H and O–H groups in total. The Hall–Kier alpha value is -1.40. The molecule has 1 atom stereocenters. The second-order valence-electron chi connectivity index (χ2n) is 4.09. The molecule has 6 heteroatoms. The van der Waals surface area contributed by atoms with Crippen LogP contribution < -0.4 is 0 Å². The van der Waals surface area contributed by atoms with Crippen molar-refractivity contribution < 1.29 is 22.7 Å². The number of halogens is 4. The summed E-state index contributed by atoms with van der Waals surface area (Å²) in [6.07, 6.45) is -5.95. The van der Waals surface area contributed by atoms with E-state index in [1.165, 1.54) is 11.3 Å². The number of hydrogen-bond donors (Lipinski definition) is 1. The molecule has 0 saturated carbocycles. The van der Waals surface area contributed by atoms with Gasteiger partial charge in [-0.25, -0.2) is 4.39 Å². The van der Waals surface area contributed by atoms with Gasteiger partial charge in [0.2, 0.25) is 0 Å². The molecule has 0 radical (unpaired) electrons. The maximum absolute atomic E-state index is 13.6. The van der Waals surface area contributed by atoms with Gasteiger partial charge in [0, 0.05) is 15.3 Å². The van der Waals surface area contributed by atoms with Crippen molar-refractivity contribution in [2.45, 2.75) is 19.2 Å². The van der Waals surface area contributed by atoms with Crippen LogP contribution in [0.5, 0.6) is 0 Å². The zero-order chi connectivity index (χ0) is 14.2. The lowest BCUT2D eigenvalue weighted by Crippen LogP contribution is -2.08. The Labute approximate surface area is 111 Å². The molecule has 0 aliphatic rings. The molecule has 0 amide bonds. The summed E-state index contributed by atoms with van der Waals surface area (Å²) in [7, 11) is 0. The van der Waals surface area contributed by atoms with Gasteiger partial charge in [0.05, 0.1) is 5.56 Å². The van der Waals surface area contributed by atoms with E-state index in [0.29, 0.717) is 17.0 Å². The lowest BCUT2D eigenvalue weighted by Gasteiger charge is -2.13. The van der Waals surface area contributed by atoms with Crippen LogP contribution in [-0.4, -0.2) is 5.11 Å². The lowest BCUT2D eigenvalue weighted by molar-refractivity contribution is -0.137. The third kappa shape index (κ3) is 2.96. The zero-order valence-electron chi connectivity index (χ0n) is 9.83. The number of thiophene rings is 1. The van der Waals surface area contributed by atoms with Gasteiger partial charge < -0.3 is 5.11 Å². The summed E-state index contributed by atoms with van der Waals surface area (Å²) in [4.78, 5) is 1.30. The van der Waals surface area contributed by atoms with Crippen LogP contribution in [0.4, 0.5) is 17.6 Å². The highest BCUT2D eigenvalue weighted by molar-refractivity contribution is 7.12. The first-order valence-corrected chi connectivity index (χ1v) is 6.21. The summed E-state index contributed by atoms with van der Waals surface area (Å²) in [5.41, 5.74) is -1.34. The van der Waals surface area contributed by atoms with Crippen molar-refractivity contribution in [1.29, 1.82) is 0 Å². The van der Waals surface area contributed by atoms with Crippen LogP contribution >= 0.6 is 11.3 Å². The van der Waals surface area contributed by atoms with Gasteiger partial charge >= 0.3 is 6.18 Å². The predicted octanol–water partition coefficient (Wildman–Crippen LogP) is 4.30. The fraction of sp³-hybridized carbons (Fsp3) is 0.231. The Balaban J connectivity index is 2.44. The van der Waals surface area contributed by atoms with Crippen molar-refractivity contribution in [2.24, 2.45) is 0 Å². The SMILES string of the molecule is Cc1ccc(C(O)c2cc(C(F)(F)F)ccc2F)s1. The van der Waals surface area contributed by atoms with Crippen LogP contribution in [0.2, 0.25) is 0 Å². The average Bonchev–Trinajstić information content (AvgIpc) is 2.74. The van der Waals surface area contributed by atoms with Crippen LogP contribution in [0, 0.1) is 12.7 Å². The molecule has 1 aromatic heterocycles. The van der Waals surface area contributed by atoms with Crippen molar-refractivity contribution in [1.82, 2.24) is 0 Å². The molecule has 2 aromatic rings. The second-order valence-corrected chi connectivity index (χ2v) is 5.40. The summed E-state index contributed by atoms with van der Waals surface area (Å²) in [6, 6.07) is 5.32. The van der Waals surface area contributed by atoms with Crippen LogP contribution in [0.15, 0.2) is 30.3 Å². The minimum Gasteiger partial charge on any atom is -0.383 e. The van der Waals surface area contributed by atoms with E-state index in [1.54, 1.807) is 19.1 Å². The number of aliphatic hydroxyl groups excluding tert-OH is 1. The largest absolute Gasteiger partial charge is 0.416 e.